The van der Waals surface area contributed by atoms with E-state index in [0.29, 0.717) is 46.2 Å². The molecule has 0 spiro atoms. The molecule has 6 N–H and O–H groups in total. The van der Waals surface area contributed by atoms with Gasteiger partial charge in [-0.2, -0.15) is 10.2 Å². The third kappa shape index (κ3) is 1.51. The molecule has 0 aromatic heterocycles. The number of phenols is 2. The minimum Gasteiger partial charge on any atom is -0.507 e. The van der Waals surface area contributed by atoms with Crippen molar-refractivity contribution in [1.82, 2.24) is 0 Å². The van der Waals surface area contributed by atoms with Crippen molar-refractivity contribution >= 4 is 22.2 Å². The van der Waals surface area contributed by atoms with Crippen LogP contribution >= 0.6 is 0 Å². The first-order valence-electron chi connectivity index (χ1n) is 6.20. The summed E-state index contributed by atoms with van der Waals surface area (Å²) in [7, 11) is 0. The van der Waals surface area contributed by atoms with Crippen LogP contribution < -0.4 is 11.7 Å². The molecular weight excluding hydrogens is 256 g/mol. The fourth-order valence-electron chi connectivity index (χ4n) is 2.71. The van der Waals surface area contributed by atoms with E-state index in [1.165, 1.54) is 0 Å². The van der Waals surface area contributed by atoms with Crippen molar-refractivity contribution < 1.29 is 10.2 Å². The molecule has 0 bridgehead atoms. The zero-order valence-corrected chi connectivity index (χ0v) is 10.7. The van der Waals surface area contributed by atoms with Crippen molar-refractivity contribution in [3.05, 3.63) is 35.4 Å². The van der Waals surface area contributed by atoms with Gasteiger partial charge < -0.3 is 21.9 Å². The molecule has 6 nitrogen and oxygen atoms in total. The molecule has 0 atom stereocenters. The second kappa shape index (κ2) is 4.41. The molecule has 2 aromatic rings. The third-order valence-electron chi connectivity index (χ3n) is 3.65. The van der Waals surface area contributed by atoms with E-state index in [9.17, 15) is 10.2 Å². The molecule has 1 aliphatic rings. The van der Waals surface area contributed by atoms with Gasteiger partial charge in [0.25, 0.3) is 0 Å². The molecule has 0 heterocycles. The largest absolute Gasteiger partial charge is 0.507 e. The van der Waals surface area contributed by atoms with Gasteiger partial charge in [0.05, 0.1) is 22.6 Å². The van der Waals surface area contributed by atoms with Crippen molar-refractivity contribution in [3.63, 3.8) is 0 Å². The number of nitrogens with zero attached hydrogens (tertiary/aromatic N) is 2. The molecule has 102 valence electrons. The van der Waals surface area contributed by atoms with Gasteiger partial charge in [0, 0.05) is 10.8 Å². The van der Waals surface area contributed by atoms with Crippen LogP contribution in [0.3, 0.4) is 0 Å². The standard InChI is InChI=1S/C14H14N4O2/c15-17-9-5-6-10(18-16)12-11(9)13(19)7-3-1-2-4-8(7)14(12)20/h1-4,19-20H,5-6,15-16H2/b17-9+,18-10+. The molecule has 20 heavy (non-hydrogen) atoms. The van der Waals surface area contributed by atoms with Gasteiger partial charge in [-0.25, -0.2) is 0 Å². The summed E-state index contributed by atoms with van der Waals surface area (Å²) >= 11 is 0. The van der Waals surface area contributed by atoms with Crippen LogP contribution in [0.25, 0.3) is 10.8 Å². The normalized spacial score (nSPS) is 18.6. The molecule has 0 amide bonds. The Morgan fingerprint density at radius 1 is 0.800 bits per heavy atom. The number of aromatic hydroxyl groups is 2. The van der Waals surface area contributed by atoms with Crippen molar-refractivity contribution in [1.29, 1.82) is 0 Å². The first-order valence-corrected chi connectivity index (χ1v) is 6.20. The number of nitrogens with two attached hydrogens (primary N) is 2. The maximum atomic E-state index is 10.5. The second-order valence-corrected chi connectivity index (χ2v) is 4.64. The zero-order valence-electron chi connectivity index (χ0n) is 10.7. The Morgan fingerprint density at radius 3 is 1.55 bits per heavy atom. The topological polar surface area (TPSA) is 117 Å². The first-order chi connectivity index (χ1) is 9.69. The highest BCUT2D eigenvalue weighted by Crippen LogP contribution is 2.42. The molecule has 2 aromatic carbocycles. The molecular formula is C14H14N4O2. The molecule has 0 saturated carbocycles. The summed E-state index contributed by atoms with van der Waals surface area (Å²) in [5.74, 6) is 10.9. The summed E-state index contributed by atoms with van der Waals surface area (Å²) in [6, 6.07) is 7.03. The monoisotopic (exact) mass is 270 g/mol. The maximum Gasteiger partial charge on any atom is 0.133 e. The molecule has 1 aliphatic carbocycles. The van der Waals surface area contributed by atoms with Crippen LogP contribution in [0.4, 0.5) is 0 Å². The fourth-order valence-corrected chi connectivity index (χ4v) is 2.71. The van der Waals surface area contributed by atoms with E-state index in [0.717, 1.165) is 0 Å². The summed E-state index contributed by atoms with van der Waals surface area (Å²) in [4.78, 5) is 0. The first kappa shape index (κ1) is 12.3. The third-order valence-corrected chi connectivity index (χ3v) is 3.65. The smallest absolute Gasteiger partial charge is 0.133 e. The van der Waals surface area contributed by atoms with Gasteiger partial charge in [-0.3, -0.25) is 0 Å². The Labute approximate surface area is 115 Å². The molecule has 0 aliphatic heterocycles. The number of hydrogen-bond donors (Lipinski definition) is 4. The Hall–Kier alpha value is -2.76. The van der Waals surface area contributed by atoms with Crippen LogP contribution in [0.1, 0.15) is 24.0 Å². The molecule has 0 saturated heterocycles. The van der Waals surface area contributed by atoms with E-state index in [-0.39, 0.29) is 11.5 Å². The number of benzene rings is 2. The summed E-state index contributed by atoms with van der Waals surface area (Å²) < 4.78 is 0. The van der Waals surface area contributed by atoms with Gasteiger partial charge in [0.15, 0.2) is 0 Å². The van der Waals surface area contributed by atoms with Gasteiger partial charge >= 0.3 is 0 Å². The summed E-state index contributed by atoms with van der Waals surface area (Å²) in [6.07, 6.45) is 1.04. The predicted octanol–water partition coefficient (Wildman–Crippen LogP) is 1.37. The van der Waals surface area contributed by atoms with Gasteiger partial charge in [-0.05, 0) is 12.8 Å². The lowest BCUT2D eigenvalue weighted by Crippen LogP contribution is -2.21. The van der Waals surface area contributed by atoms with E-state index < -0.39 is 0 Å². The van der Waals surface area contributed by atoms with Crippen molar-refractivity contribution in [2.75, 3.05) is 0 Å². The lowest BCUT2D eigenvalue weighted by atomic mass is 9.84. The molecule has 6 heteroatoms. The van der Waals surface area contributed by atoms with Crippen LogP contribution in [0, 0.1) is 0 Å². The summed E-state index contributed by atoms with van der Waals surface area (Å²) in [6.45, 7) is 0. The van der Waals surface area contributed by atoms with Gasteiger partial charge in [0.1, 0.15) is 11.5 Å². The maximum absolute atomic E-state index is 10.5. The molecule has 0 fully saturated rings. The Kier molecular flexibility index (Phi) is 2.71. The Bertz CT molecular complexity index is 701. The molecule has 0 radical (unpaired) electrons. The highest BCUT2D eigenvalue weighted by molar-refractivity contribution is 6.23. The molecule has 3 rings (SSSR count). The van der Waals surface area contributed by atoms with Crippen LogP contribution in [0.5, 0.6) is 11.5 Å². The minimum absolute atomic E-state index is 0.0402. The highest BCUT2D eigenvalue weighted by Gasteiger charge is 2.29. The van der Waals surface area contributed by atoms with Crippen molar-refractivity contribution in [2.24, 2.45) is 21.9 Å². The Balaban J connectivity index is 2.52. The van der Waals surface area contributed by atoms with Gasteiger partial charge in [-0.1, -0.05) is 24.3 Å². The van der Waals surface area contributed by atoms with Crippen LogP contribution in [0.2, 0.25) is 0 Å². The lowest BCUT2D eigenvalue weighted by Gasteiger charge is -2.22. The van der Waals surface area contributed by atoms with Crippen LogP contribution in [-0.2, 0) is 0 Å². The van der Waals surface area contributed by atoms with E-state index >= 15 is 0 Å². The van der Waals surface area contributed by atoms with E-state index in [2.05, 4.69) is 10.2 Å². The average Bonchev–Trinajstić information content (AvgIpc) is 2.51. The van der Waals surface area contributed by atoms with Gasteiger partial charge in [0.2, 0.25) is 0 Å². The van der Waals surface area contributed by atoms with E-state index in [4.69, 9.17) is 11.7 Å². The van der Waals surface area contributed by atoms with Crippen molar-refractivity contribution in [2.45, 2.75) is 12.8 Å². The van der Waals surface area contributed by atoms with E-state index in [1.54, 1.807) is 24.3 Å². The quantitative estimate of drug-likeness (QED) is 0.328. The number of fused-ring (bicyclic) bond motifs is 2. The lowest BCUT2D eigenvalue weighted by molar-refractivity contribution is 0.467. The second-order valence-electron chi connectivity index (χ2n) is 4.64. The fraction of sp³-hybridized carbons (Fsp3) is 0.143. The van der Waals surface area contributed by atoms with E-state index in [1.807, 2.05) is 0 Å². The SMILES string of the molecule is N/N=C1\CC/C(=N\N)c2c1c(O)c1ccccc1c2O. The van der Waals surface area contributed by atoms with Crippen LogP contribution in [0.15, 0.2) is 34.5 Å². The molecule has 0 unspecified atom stereocenters. The van der Waals surface area contributed by atoms with Crippen molar-refractivity contribution in [3.8, 4) is 11.5 Å². The number of phenolic OH excluding ortho intramolecular Hbond substituents is 2. The number of hydrogen-bond acceptors (Lipinski definition) is 6. The highest BCUT2D eigenvalue weighted by atomic mass is 16.3. The predicted molar refractivity (Wildman–Crippen MR) is 78.0 cm³/mol. The summed E-state index contributed by atoms with van der Waals surface area (Å²) in [5.41, 5.74) is 1.90. The average molecular weight is 270 g/mol. The van der Waals surface area contributed by atoms with Crippen LogP contribution in [-0.4, -0.2) is 21.6 Å². The minimum atomic E-state index is 0.0402. The Morgan fingerprint density at radius 2 is 1.20 bits per heavy atom. The number of hydrazone groups is 2. The summed E-state index contributed by atoms with van der Waals surface area (Å²) in [5, 5.41) is 29.5. The van der Waals surface area contributed by atoms with Gasteiger partial charge in [-0.15, -0.1) is 0 Å². The zero-order chi connectivity index (χ0) is 14.3. The number of rotatable bonds is 0.